The number of carbonyl (C=O) groups is 1. The minimum absolute atomic E-state index is 0.113. The lowest BCUT2D eigenvalue weighted by Crippen LogP contribution is -2.34. The molecule has 0 saturated carbocycles. The molecule has 3 aromatic rings. The van der Waals surface area contributed by atoms with E-state index in [2.05, 4.69) is 23.2 Å². The third-order valence-electron chi connectivity index (χ3n) is 4.21. The van der Waals surface area contributed by atoms with Crippen molar-refractivity contribution in [1.82, 2.24) is 9.88 Å². The van der Waals surface area contributed by atoms with Crippen molar-refractivity contribution < 1.29 is 4.79 Å². The van der Waals surface area contributed by atoms with Gasteiger partial charge in [0.25, 0.3) is 0 Å². The molecule has 3 N–H and O–H groups in total. The first-order chi connectivity index (χ1) is 10.3. The molecule has 0 bridgehead atoms. The summed E-state index contributed by atoms with van der Waals surface area (Å²) in [5.74, 6) is 0. The maximum atomic E-state index is 11.9. The van der Waals surface area contributed by atoms with Gasteiger partial charge in [-0.2, -0.15) is 0 Å². The average molecular weight is 277 g/mol. The molecule has 2 aromatic carbocycles. The van der Waals surface area contributed by atoms with Crippen LogP contribution in [-0.4, -0.2) is 15.9 Å². The predicted molar refractivity (Wildman–Crippen MR) is 81.7 cm³/mol. The van der Waals surface area contributed by atoms with Crippen molar-refractivity contribution in [2.45, 2.75) is 12.6 Å². The average Bonchev–Trinajstić information content (AvgIpc) is 3.11. The highest BCUT2D eigenvalue weighted by Crippen LogP contribution is 2.40. The Morgan fingerprint density at radius 2 is 1.90 bits per heavy atom. The zero-order valence-corrected chi connectivity index (χ0v) is 11.4. The van der Waals surface area contributed by atoms with Crippen molar-refractivity contribution in [2.24, 2.45) is 5.73 Å². The van der Waals surface area contributed by atoms with E-state index in [0.29, 0.717) is 6.54 Å². The molecular formula is C17H15N3O. The maximum Gasteiger partial charge on any atom is 0.315 e. The molecule has 4 rings (SSSR count). The summed E-state index contributed by atoms with van der Waals surface area (Å²) in [4.78, 5) is 16.8. The molecule has 1 aliphatic rings. The number of primary amides is 1. The number of hydrogen-bond acceptors (Lipinski definition) is 1. The second-order valence-electron chi connectivity index (χ2n) is 5.35. The lowest BCUT2D eigenvalue weighted by Gasteiger charge is -2.24. The molecule has 0 radical (unpaired) electrons. The van der Waals surface area contributed by atoms with Crippen LogP contribution in [0.3, 0.4) is 0 Å². The monoisotopic (exact) mass is 277 g/mol. The lowest BCUT2D eigenvalue weighted by molar-refractivity contribution is 0.199. The van der Waals surface area contributed by atoms with E-state index < -0.39 is 0 Å². The van der Waals surface area contributed by atoms with Crippen LogP contribution in [0.15, 0.2) is 54.7 Å². The molecule has 4 nitrogen and oxygen atoms in total. The van der Waals surface area contributed by atoms with Gasteiger partial charge in [0, 0.05) is 23.6 Å². The highest BCUT2D eigenvalue weighted by atomic mass is 16.2. The van der Waals surface area contributed by atoms with Gasteiger partial charge in [0.2, 0.25) is 0 Å². The molecule has 0 fully saturated rings. The standard InChI is InChI=1S/C17H15N3O/c18-17(21)20-10-11-4-1-2-5-12(11)16(20)14-6-3-7-15-13(14)8-9-19-15/h1-9,16,19H,10H2,(H2,18,21). The van der Waals surface area contributed by atoms with E-state index in [1.807, 2.05) is 36.5 Å². The minimum Gasteiger partial charge on any atom is -0.361 e. The molecule has 1 aliphatic heterocycles. The second-order valence-corrected chi connectivity index (χ2v) is 5.35. The molecule has 2 amide bonds. The molecule has 4 heteroatoms. The third kappa shape index (κ3) is 1.72. The fourth-order valence-corrected chi connectivity index (χ4v) is 3.28. The van der Waals surface area contributed by atoms with E-state index in [9.17, 15) is 4.79 Å². The molecule has 104 valence electrons. The number of aromatic nitrogens is 1. The first-order valence-corrected chi connectivity index (χ1v) is 6.95. The summed E-state index contributed by atoms with van der Waals surface area (Å²) >= 11 is 0. The van der Waals surface area contributed by atoms with Gasteiger partial charge in [-0.1, -0.05) is 36.4 Å². The fraction of sp³-hybridized carbons (Fsp3) is 0.118. The first kappa shape index (κ1) is 12.0. The van der Waals surface area contributed by atoms with E-state index in [1.54, 1.807) is 4.90 Å². The van der Waals surface area contributed by atoms with E-state index in [1.165, 1.54) is 0 Å². The van der Waals surface area contributed by atoms with E-state index in [-0.39, 0.29) is 12.1 Å². The summed E-state index contributed by atoms with van der Waals surface area (Å²) in [5, 5.41) is 1.13. The normalized spacial score (nSPS) is 17.1. The fourth-order valence-electron chi connectivity index (χ4n) is 3.28. The molecule has 0 saturated heterocycles. The highest BCUT2D eigenvalue weighted by molar-refractivity contribution is 5.85. The highest BCUT2D eigenvalue weighted by Gasteiger charge is 2.34. The van der Waals surface area contributed by atoms with E-state index in [0.717, 1.165) is 27.6 Å². The Hall–Kier alpha value is -2.75. The summed E-state index contributed by atoms with van der Waals surface area (Å²) in [7, 11) is 0. The van der Waals surface area contributed by atoms with Crippen LogP contribution in [0.2, 0.25) is 0 Å². The summed E-state index contributed by atoms with van der Waals surface area (Å²) in [6.45, 7) is 0.566. The van der Waals surface area contributed by atoms with Crippen LogP contribution >= 0.6 is 0 Å². The smallest absolute Gasteiger partial charge is 0.315 e. The quantitative estimate of drug-likeness (QED) is 0.705. The molecule has 1 unspecified atom stereocenters. The van der Waals surface area contributed by atoms with Crippen LogP contribution in [0.25, 0.3) is 10.9 Å². The lowest BCUT2D eigenvalue weighted by atomic mass is 9.95. The SMILES string of the molecule is NC(=O)N1Cc2ccccc2C1c1cccc2[nH]ccc12. The Kier molecular flexibility index (Phi) is 2.51. The van der Waals surface area contributed by atoms with Crippen molar-refractivity contribution in [1.29, 1.82) is 0 Å². The van der Waals surface area contributed by atoms with E-state index in [4.69, 9.17) is 5.73 Å². The first-order valence-electron chi connectivity index (χ1n) is 6.95. The Labute approximate surface area is 122 Å². The van der Waals surface area contributed by atoms with Crippen molar-refractivity contribution in [3.8, 4) is 0 Å². The number of fused-ring (bicyclic) bond motifs is 2. The number of H-pyrrole nitrogens is 1. The number of benzene rings is 2. The zero-order valence-electron chi connectivity index (χ0n) is 11.4. The second kappa shape index (κ2) is 4.38. The van der Waals surface area contributed by atoms with Gasteiger partial charge in [0.15, 0.2) is 0 Å². The number of hydrogen-bond donors (Lipinski definition) is 2. The molecular weight excluding hydrogens is 262 g/mol. The number of nitrogens with zero attached hydrogens (tertiary/aromatic N) is 1. The van der Waals surface area contributed by atoms with Crippen LogP contribution in [0.5, 0.6) is 0 Å². The molecule has 2 heterocycles. The Bertz CT molecular complexity index is 837. The number of urea groups is 1. The molecule has 0 aliphatic carbocycles. The predicted octanol–water partition coefficient (Wildman–Crippen LogP) is 3.15. The molecule has 0 spiro atoms. The Morgan fingerprint density at radius 3 is 2.76 bits per heavy atom. The molecule has 1 aromatic heterocycles. The number of aromatic amines is 1. The summed E-state index contributed by atoms with van der Waals surface area (Å²) in [5.41, 5.74) is 10.1. The van der Waals surface area contributed by atoms with Crippen LogP contribution < -0.4 is 5.73 Å². The van der Waals surface area contributed by atoms with Gasteiger partial charge < -0.3 is 15.6 Å². The molecule has 1 atom stereocenters. The summed E-state index contributed by atoms with van der Waals surface area (Å²) < 4.78 is 0. The van der Waals surface area contributed by atoms with Gasteiger partial charge >= 0.3 is 6.03 Å². The number of rotatable bonds is 1. The zero-order chi connectivity index (χ0) is 14.4. The van der Waals surface area contributed by atoms with Gasteiger partial charge in [-0.3, -0.25) is 0 Å². The summed E-state index contributed by atoms with van der Waals surface area (Å²) in [6, 6.07) is 15.8. The van der Waals surface area contributed by atoms with Crippen LogP contribution in [0.1, 0.15) is 22.7 Å². The van der Waals surface area contributed by atoms with Crippen LogP contribution in [0.4, 0.5) is 4.79 Å². The van der Waals surface area contributed by atoms with Gasteiger partial charge in [-0.25, -0.2) is 4.79 Å². The Balaban J connectivity index is 1.96. The van der Waals surface area contributed by atoms with Crippen molar-refractivity contribution in [3.05, 3.63) is 71.4 Å². The number of carbonyl (C=O) groups excluding carboxylic acids is 1. The van der Waals surface area contributed by atoms with Gasteiger partial charge in [0.05, 0.1) is 6.04 Å². The van der Waals surface area contributed by atoms with Crippen LogP contribution in [0, 0.1) is 0 Å². The van der Waals surface area contributed by atoms with Crippen molar-refractivity contribution in [3.63, 3.8) is 0 Å². The third-order valence-corrected chi connectivity index (χ3v) is 4.21. The van der Waals surface area contributed by atoms with Crippen LogP contribution in [-0.2, 0) is 6.54 Å². The topological polar surface area (TPSA) is 62.1 Å². The van der Waals surface area contributed by atoms with Gasteiger partial charge in [0.1, 0.15) is 0 Å². The van der Waals surface area contributed by atoms with Gasteiger partial charge in [-0.05, 0) is 28.8 Å². The van der Waals surface area contributed by atoms with Crippen molar-refractivity contribution >= 4 is 16.9 Å². The number of nitrogens with one attached hydrogen (secondary N) is 1. The largest absolute Gasteiger partial charge is 0.361 e. The molecule has 21 heavy (non-hydrogen) atoms. The maximum absolute atomic E-state index is 11.9. The Morgan fingerprint density at radius 1 is 1.10 bits per heavy atom. The van der Waals surface area contributed by atoms with Crippen molar-refractivity contribution in [2.75, 3.05) is 0 Å². The number of amides is 2. The van der Waals surface area contributed by atoms with Gasteiger partial charge in [-0.15, -0.1) is 0 Å². The summed E-state index contributed by atoms with van der Waals surface area (Å²) in [6.07, 6.45) is 1.92. The van der Waals surface area contributed by atoms with E-state index >= 15 is 0 Å². The minimum atomic E-state index is -0.385. The number of nitrogens with two attached hydrogens (primary N) is 1.